The van der Waals surface area contributed by atoms with Crippen molar-refractivity contribution in [3.8, 4) is 0 Å². The number of hydrogen-bond donors (Lipinski definition) is 0. The third kappa shape index (κ3) is 3.30. The lowest BCUT2D eigenvalue weighted by atomic mass is 10.2. The molecule has 6 nitrogen and oxygen atoms in total. The number of rotatable bonds is 5. The van der Waals surface area contributed by atoms with E-state index in [0.29, 0.717) is 5.92 Å². The second-order valence-electron chi connectivity index (χ2n) is 5.85. The molecule has 1 aliphatic rings. The average molecular weight is 319 g/mol. The van der Waals surface area contributed by atoms with E-state index in [9.17, 15) is 0 Å². The summed E-state index contributed by atoms with van der Waals surface area (Å²) in [5.74, 6) is 1.82. The number of thioether (sulfide) groups is 1. The largest absolute Gasteiger partial charge is 0.338 e. The van der Waals surface area contributed by atoms with Gasteiger partial charge in [0.25, 0.3) is 0 Å². The van der Waals surface area contributed by atoms with Crippen LogP contribution in [0.4, 0.5) is 0 Å². The summed E-state index contributed by atoms with van der Waals surface area (Å²) < 4.78 is 5.48. The van der Waals surface area contributed by atoms with Crippen LogP contribution < -0.4 is 0 Å². The van der Waals surface area contributed by atoms with Crippen LogP contribution in [0.15, 0.2) is 22.1 Å². The van der Waals surface area contributed by atoms with Crippen molar-refractivity contribution >= 4 is 11.8 Å². The van der Waals surface area contributed by atoms with E-state index in [1.165, 1.54) is 0 Å². The van der Waals surface area contributed by atoms with E-state index in [4.69, 9.17) is 4.52 Å². The molecule has 0 amide bonds. The number of likely N-dealkylation sites (tertiary alicyclic amines) is 1. The summed E-state index contributed by atoms with van der Waals surface area (Å²) in [6, 6.07) is 0.209. The summed E-state index contributed by atoms with van der Waals surface area (Å²) in [4.78, 5) is 15.6. The van der Waals surface area contributed by atoms with Gasteiger partial charge in [0.2, 0.25) is 5.89 Å². The minimum atomic E-state index is 0.209. The van der Waals surface area contributed by atoms with Crippen molar-refractivity contribution in [1.29, 1.82) is 0 Å². The predicted molar refractivity (Wildman–Crippen MR) is 84.6 cm³/mol. The van der Waals surface area contributed by atoms with Crippen molar-refractivity contribution in [3.05, 3.63) is 29.7 Å². The Hall–Kier alpha value is -1.47. The average Bonchev–Trinajstić information content (AvgIpc) is 3.16. The highest BCUT2D eigenvalue weighted by atomic mass is 32.2. The number of nitrogens with zero attached hydrogens (tertiary/aromatic N) is 5. The van der Waals surface area contributed by atoms with Crippen LogP contribution in [0.3, 0.4) is 0 Å². The summed E-state index contributed by atoms with van der Waals surface area (Å²) >= 11 is 1.55. The minimum absolute atomic E-state index is 0.209. The van der Waals surface area contributed by atoms with Gasteiger partial charge in [0, 0.05) is 30.4 Å². The van der Waals surface area contributed by atoms with Crippen LogP contribution in [0.25, 0.3) is 0 Å². The molecule has 1 aliphatic heterocycles. The van der Waals surface area contributed by atoms with E-state index in [0.717, 1.165) is 48.4 Å². The van der Waals surface area contributed by atoms with Crippen LogP contribution in [0, 0.1) is 0 Å². The van der Waals surface area contributed by atoms with E-state index in [2.05, 4.69) is 38.9 Å². The molecule has 0 spiro atoms. The molecule has 0 saturated carbocycles. The maximum atomic E-state index is 5.48. The molecule has 0 unspecified atom stereocenters. The van der Waals surface area contributed by atoms with E-state index in [1.54, 1.807) is 11.8 Å². The number of aromatic nitrogens is 4. The molecular weight excluding hydrogens is 298 g/mol. The zero-order valence-electron chi connectivity index (χ0n) is 13.2. The first-order chi connectivity index (χ1) is 10.7. The van der Waals surface area contributed by atoms with Crippen LogP contribution in [0.1, 0.15) is 55.9 Å². The quantitative estimate of drug-likeness (QED) is 0.619. The monoisotopic (exact) mass is 319 g/mol. The Balaban J connectivity index is 1.71. The van der Waals surface area contributed by atoms with E-state index >= 15 is 0 Å². The molecule has 7 heteroatoms. The lowest BCUT2D eigenvalue weighted by molar-refractivity contribution is 0.200. The third-order valence-electron chi connectivity index (χ3n) is 3.87. The zero-order valence-corrected chi connectivity index (χ0v) is 14.0. The van der Waals surface area contributed by atoms with Gasteiger partial charge in [-0.1, -0.05) is 30.8 Å². The smallest absolute Gasteiger partial charge is 0.244 e. The lowest BCUT2D eigenvalue weighted by Gasteiger charge is -2.21. The Kier molecular flexibility index (Phi) is 4.73. The molecule has 0 N–H and O–H groups in total. The predicted octanol–water partition coefficient (Wildman–Crippen LogP) is 3.04. The van der Waals surface area contributed by atoms with Gasteiger partial charge in [-0.05, 0) is 25.6 Å². The normalized spacial score (nSPS) is 19.2. The van der Waals surface area contributed by atoms with Crippen molar-refractivity contribution in [2.24, 2.45) is 0 Å². The molecule has 1 saturated heterocycles. The van der Waals surface area contributed by atoms with Gasteiger partial charge in [-0.15, -0.1) is 0 Å². The summed E-state index contributed by atoms with van der Waals surface area (Å²) in [6.07, 6.45) is 7.99. The third-order valence-corrected chi connectivity index (χ3v) is 4.45. The molecular formula is C15H21N5OS. The fraction of sp³-hybridized carbons (Fsp3) is 0.600. The van der Waals surface area contributed by atoms with E-state index in [-0.39, 0.29) is 6.04 Å². The Bertz CT molecular complexity index is 613. The van der Waals surface area contributed by atoms with Gasteiger partial charge in [0.05, 0.1) is 6.04 Å². The highest BCUT2D eigenvalue weighted by Crippen LogP contribution is 2.32. The van der Waals surface area contributed by atoms with Crippen molar-refractivity contribution in [2.45, 2.75) is 50.4 Å². The molecule has 0 bridgehead atoms. The van der Waals surface area contributed by atoms with Gasteiger partial charge in [0.1, 0.15) is 0 Å². The Morgan fingerprint density at radius 3 is 2.77 bits per heavy atom. The second kappa shape index (κ2) is 6.75. The van der Waals surface area contributed by atoms with Crippen LogP contribution in [0.5, 0.6) is 0 Å². The number of hydrogen-bond acceptors (Lipinski definition) is 7. The van der Waals surface area contributed by atoms with Crippen molar-refractivity contribution < 1.29 is 4.52 Å². The van der Waals surface area contributed by atoms with Crippen LogP contribution >= 0.6 is 11.8 Å². The summed E-state index contributed by atoms with van der Waals surface area (Å²) in [5.41, 5.74) is 1.12. The van der Waals surface area contributed by atoms with Gasteiger partial charge in [-0.3, -0.25) is 4.90 Å². The second-order valence-corrected chi connectivity index (χ2v) is 6.63. The fourth-order valence-corrected chi connectivity index (χ4v) is 2.99. The molecule has 3 heterocycles. The molecule has 0 aliphatic carbocycles. The Morgan fingerprint density at radius 1 is 1.36 bits per heavy atom. The molecule has 1 atom stereocenters. The zero-order chi connectivity index (χ0) is 15.5. The molecule has 2 aromatic rings. The first-order valence-corrected chi connectivity index (χ1v) is 8.82. The van der Waals surface area contributed by atoms with Crippen LogP contribution in [-0.2, 0) is 6.54 Å². The molecule has 3 rings (SSSR count). The van der Waals surface area contributed by atoms with Crippen molar-refractivity contribution in [2.75, 3.05) is 12.8 Å². The summed E-state index contributed by atoms with van der Waals surface area (Å²) in [5, 5.41) is 4.89. The van der Waals surface area contributed by atoms with Crippen LogP contribution in [0.2, 0.25) is 0 Å². The Labute approximate surface area is 134 Å². The highest BCUT2D eigenvalue weighted by molar-refractivity contribution is 7.98. The SMILES string of the molecule is CSc1ncc(CN2CCC[C@H]2c2nc(C(C)C)no2)cn1. The van der Waals surface area contributed by atoms with Gasteiger partial charge < -0.3 is 4.52 Å². The van der Waals surface area contributed by atoms with Gasteiger partial charge in [-0.2, -0.15) is 4.98 Å². The van der Waals surface area contributed by atoms with Crippen LogP contribution in [-0.4, -0.2) is 37.8 Å². The van der Waals surface area contributed by atoms with Crippen molar-refractivity contribution in [1.82, 2.24) is 25.0 Å². The molecule has 2 aromatic heterocycles. The topological polar surface area (TPSA) is 67.9 Å². The standard InChI is InChI=1S/C15H21N5OS/c1-10(2)13-18-14(21-19-13)12-5-4-6-20(12)9-11-7-16-15(22-3)17-8-11/h7-8,10,12H,4-6,9H2,1-3H3/t12-/m0/s1. The van der Waals surface area contributed by atoms with Gasteiger partial charge in [-0.25, -0.2) is 9.97 Å². The fourth-order valence-electron chi connectivity index (χ4n) is 2.68. The molecule has 118 valence electrons. The van der Waals surface area contributed by atoms with Crippen molar-refractivity contribution in [3.63, 3.8) is 0 Å². The summed E-state index contributed by atoms with van der Waals surface area (Å²) in [6.45, 7) is 6.00. The summed E-state index contributed by atoms with van der Waals surface area (Å²) in [7, 11) is 0. The lowest BCUT2D eigenvalue weighted by Crippen LogP contribution is -2.23. The molecule has 1 fully saturated rings. The first-order valence-electron chi connectivity index (χ1n) is 7.60. The van der Waals surface area contributed by atoms with E-state index < -0.39 is 0 Å². The maximum Gasteiger partial charge on any atom is 0.244 e. The van der Waals surface area contributed by atoms with Gasteiger partial charge in [0.15, 0.2) is 11.0 Å². The highest BCUT2D eigenvalue weighted by Gasteiger charge is 2.31. The molecule has 22 heavy (non-hydrogen) atoms. The van der Waals surface area contributed by atoms with E-state index in [1.807, 2.05) is 18.6 Å². The maximum absolute atomic E-state index is 5.48. The van der Waals surface area contributed by atoms with Gasteiger partial charge >= 0.3 is 0 Å². The minimum Gasteiger partial charge on any atom is -0.338 e. The Morgan fingerprint density at radius 2 is 2.14 bits per heavy atom. The molecule has 0 radical (unpaired) electrons. The first kappa shape index (κ1) is 15.4. The molecule has 0 aromatic carbocycles.